The van der Waals surface area contributed by atoms with Crippen LogP contribution in [0.1, 0.15) is 11.4 Å². The maximum atomic E-state index is 6.37. The summed E-state index contributed by atoms with van der Waals surface area (Å²) in [6.45, 7) is 7.40. The van der Waals surface area contributed by atoms with E-state index in [0.29, 0.717) is 10.8 Å². The molecule has 1 aliphatic heterocycles. The summed E-state index contributed by atoms with van der Waals surface area (Å²) in [6.07, 6.45) is 0. The summed E-state index contributed by atoms with van der Waals surface area (Å²) < 4.78 is 0. The lowest BCUT2D eigenvalue weighted by Gasteiger charge is -2.36. The van der Waals surface area contributed by atoms with Crippen LogP contribution in [-0.4, -0.2) is 46.1 Å². The third-order valence-electron chi connectivity index (χ3n) is 5.24. The number of fused-ring (bicyclic) bond motifs is 1. The average Bonchev–Trinajstić information content (AvgIpc) is 3.18. The highest BCUT2D eigenvalue weighted by molar-refractivity contribution is 7.14. The molecule has 4 aromatic rings. The molecule has 1 saturated heterocycles. The summed E-state index contributed by atoms with van der Waals surface area (Å²) in [5, 5.41) is 3.72. The topological polar surface area (TPSA) is 58.0 Å². The van der Waals surface area contributed by atoms with Crippen LogP contribution in [0, 0.1) is 13.8 Å². The largest absolute Gasteiger partial charge is 0.352 e. The molecule has 6 nitrogen and oxygen atoms in total. The summed E-state index contributed by atoms with van der Waals surface area (Å²) in [5.74, 6) is 2.45. The number of piperazine rings is 1. The number of anilines is 2. The van der Waals surface area contributed by atoms with Gasteiger partial charge in [-0.3, -0.25) is 0 Å². The van der Waals surface area contributed by atoms with Gasteiger partial charge in [0.2, 0.25) is 5.95 Å². The van der Waals surface area contributed by atoms with Gasteiger partial charge in [-0.2, -0.15) is 0 Å². The number of rotatable bonds is 3. The van der Waals surface area contributed by atoms with E-state index in [1.807, 2.05) is 49.6 Å². The molecule has 0 amide bonds. The maximum absolute atomic E-state index is 6.37. The quantitative estimate of drug-likeness (QED) is 0.462. The molecule has 0 atom stereocenters. The second-order valence-electron chi connectivity index (χ2n) is 7.41. The third kappa shape index (κ3) is 3.59. The summed E-state index contributed by atoms with van der Waals surface area (Å²) in [5.41, 5.74) is 2.93. The lowest BCUT2D eigenvalue weighted by atomic mass is 10.2. The Hall–Kier alpha value is -2.77. The second kappa shape index (κ2) is 7.81. The summed E-state index contributed by atoms with van der Waals surface area (Å²) in [4.78, 5) is 24.4. The molecule has 0 unspecified atom stereocenters. The molecule has 0 spiro atoms. The van der Waals surface area contributed by atoms with Crippen LogP contribution in [0.3, 0.4) is 0 Å². The Balaban J connectivity index is 1.47. The van der Waals surface area contributed by atoms with E-state index in [4.69, 9.17) is 21.6 Å². The van der Waals surface area contributed by atoms with E-state index in [-0.39, 0.29) is 0 Å². The Kier molecular flexibility index (Phi) is 5.00. The van der Waals surface area contributed by atoms with Crippen LogP contribution in [-0.2, 0) is 0 Å². The van der Waals surface area contributed by atoms with Crippen LogP contribution >= 0.6 is 22.9 Å². The van der Waals surface area contributed by atoms with Crippen molar-refractivity contribution in [2.75, 3.05) is 36.0 Å². The number of hydrogen-bond donors (Lipinski definition) is 0. The number of aryl methyl sites for hydroxylation is 2. The highest BCUT2D eigenvalue weighted by Crippen LogP contribution is 2.34. The van der Waals surface area contributed by atoms with Gasteiger partial charge >= 0.3 is 0 Å². The van der Waals surface area contributed by atoms with Gasteiger partial charge in [-0.15, -0.1) is 11.3 Å². The van der Waals surface area contributed by atoms with Crippen LogP contribution in [0.15, 0.2) is 41.8 Å². The number of nitrogens with zero attached hydrogens (tertiary/aromatic N) is 6. The van der Waals surface area contributed by atoms with Crippen molar-refractivity contribution in [3.8, 4) is 10.7 Å². The third-order valence-corrected chi connectivity index (χ3v) is 6.57. The molecular weight excluding hydrogens is 416 g/mol. The normalized spacial score (nSPS) is 14.5. The van der Waals surface area contributed by atoms with Gasteiger partial charge < -0.3 is 9.80 Å². The minimum absolute atomic E-state index is 0.684. The van der Waals surface area contributed by atoms with E-state index in [1.165, 1.54) is 0 Å². The molecule has 1 aliphatic rings. The Bertz CT molecular complexity index is 1200. The minimum Gasteiger partial charge on any atom is -0.352 e. The van der Waals surface area contributed by atoms with E-state index >= 15 is 0 Å². The zero-order valence-corrected chi connectivity index (χ0v) is 18.4. The Labute approximate surface area is 184 Å². The number of halogens is 1. The van der Waals surface area contributed by atoms with E-state index < -0.39 is 0 Å². The Morgan fingerprint density at radius 3 is 2.27 bits per heavy atom. The molecule has 1 aromatic carbocycles. The molecule has 0 bridgehead atoms. The fourth-order valence-electron chi connectivity index (χ4n) is 3.82. The zero-order chi connectivity index (χ0) is 20.7. The summed E-state index contributed by atoms with van der Waals surface area (Å²) >= 11 is 7.94. The molecule has 3 aromatic heterocycles. The number of aromatic nitrogens is 4. The molecular formula is C22H21ClN6S. The van der Waals surface area contributed by atoms with E-state index in [2.05, 4.69) is 25.8 Å². The SMILES string of the molecule is Cc1cc(C)nc(N2CCN(c3nc(-c4sccc4Cl)nc4ccccc34)CC2)n1. The predicted molar refractivity (Wildman–Crippen MR) is 124 cm³/mol. The highest BCUT2D eigenvalue weighted by atomic mass is 35.5. The van der Waals surface area contributed by atoms with Crippen molar-refractivity contribution >= 4 is 45.6 Å². The summed E-state index contributed by atoms with van der Waals surface area (Å²) in [7, 11) is 0. The highest BCUT2D eigenvalue weighted by Gasteiger charge is 2.23. The monoisotopic (exact) mass is 436 g/mol. The smallest absolute Gasteiger partial charge is 0.225 e. The Morgan fingerprint density at radius 2 is 1.57 bits per heavy atom. The second-order valence-corrected chi connectivity index (χ2v) is 8.73. The molecule has 4 heterocycles. The molecule has 0 radical (unpaired) electrons. The molecule has 30 heavy (non-hydrogen) atoms. The van der Waals surface area contributed by atoms with Crippen molar-refractivity contribution in [2.45, 2.75) is 13.8 Å². The lowest BCUT2D eigenvalue weighted by Crippen LogP contribution is -2.47. The fourth-order valence-corrected chi connectivity index (χ4v) is 4.90. The zero-order valence-electron chi connectivity index (χ0n) is 16.8. The van der Waals surface area contributed by atoms with Gasteiger partial charge in [0.25, 0.3) is 0 Å². The molecule has 0 aliphatic carbocycles. The lowest BCUT2D eigenvalue weighted by molar-refractivity contribution is 0.634. The van der Waals surface area contributed by atoms with Crippen LogP contribution < -0.4 is 9.80 Å². The first-order valence-electron chi connectivity index (χ1n) is 9.91. The predicted octanol–water partition coefficient (Wildman–Crippen LogP) is 4.75. The first-order chi connectivity index (χ1) is 14.6. The van der Waals surface area contributed by atoms with Crippen molar-refractivity contribution in [1.29, 1.82) is 0 Å². The first kappa shape index (κ1) is 19.2. The fraction of sp³-hybridized carbons (Fsp3) is 0.273. The van der Waals surface area contributed by atoms with Crippen LogP contribution in [0.4, 0.5) is 11.8 Å². The number of benzene rings is 1. The molecule has 152 valence electrons. The van der Waals surface area contributed by atoms with E-state index in [0.717, 1.165) is 65.1 Å². The van der Waals surface area contributed by atoms with E-state index in [9.17, 15) is 0 Å². The molecule has 0 N–H and O–H groups in total. The molecule has 0 saturated carbocycles. The van der Waals surface area contributed by atoms with Gasteiger partial charge in [0.05, 0.1) is 15.4 Å². The minimum atomic E-state index is 0.684. The molecule has 8 heteroatoms. The van der Waals surface area contributed by atoms with Gasteiger partial charge in [-0.25, -0.2) is 19.9 Å². The van der Waals surface area contributed by atoms with Crippen LogP contribution in [0.2, 0.25) is 5.02 Å². The summed E-state index contributed by atoms with van der Waals surface area (Å²) in [6, 6.07) is 12.1. The van der Waals surface area contributed by atoms with Crippen LogP contribution in [0.25, 0.3) is 21.6 Å². The first-order valence-corrected chi connectivity index (χ1v) is 11.2. The van der Waals surface area contributed by atoms with Gasteiger partial charge in [0.1, 0.15) is 5.82 Å². The van der Waals surface area contributed by atoms with Gasteiger partial charge in [0, 0.05) is 43.0 Å². The van der Waals surface area contributed by atoms with Crippen molar-refractivity contribution in [2.24, 2.45) is 0 Å². The van der Waals surface area contributed by atoms with E-state index in [1.54, 1.807) is 11.3 Å². The van der Waals surface area contributed by atoms with Crippen molar-refractivity contribution in [1.82, 2.24) is 19.9 Å². The number of hydrogen-bond acceptors (Lipinski definition) is 7. The van der Waals surface area contributed by atoms with Gasteiger partial charge in [-0.05, 0) is 43.5 Å². The molecule has 1 fully saturated rings. The van der Waals surface area contributed by atoms with Crippen molar-refractivity contribution in [3.63, 3.8) is 0 Å². The average molecular weight is 437 g/mol. The number of para-hydroxylation sites is 1. The van der Waals surface area contributed by atoms with Crippen molar-refractivity contribution in [3.05, 3.63) is 58.2 Å². The maximum Gasteiger partial charge on any atom is 0.225 e. The van der Waals surface area contributed by atoms with Gasteiger partial charge in [0.15, 0.2) is 5.82 Å². The van der Waals surface area contributed by atoms with Crippen LogP contribution in [0.5, 0.6) is 0 Å². The van der Waals surface area contributed by atoms with Gasteiger partial charge in [-0.1, -0.05) is 23.7 Å². The molecule has 5 rings (SSSR count). The standard InChI is InChI=1S/C22H21ClN6S/c1-14-13-15(2)25-22(24-14)29-10-8-28(9-11-29)21-16-5-3-4-6-18(16)26-20(27-21)19-17(23)7-12-30-19/h3-7,12-13H,8-11H2,1-2H3. The van der Waals surface area contributed by atoms with Crippen molar-refractivity contribution < 1.29 is 0 Å². The Morgan fingerprint density at radius 1 is 0.867 bits per heavy atom. The number of thiophene rings is 1.